The van der Waals surface area contributed by atoms with Crippen LogP contribution in [0.3, 0.4) is 0 Å². The molecule has 1 saturated heterocycles. The molecule has 0 spiro atoms. The lowest BCUT2D eigenvalue weighted by atomic mass is 10.2. The molecule has 1 atom stereocenters. The van der Waals surface area contributed by atoms with E-state index in [2.05, 4.69) is 5.32 Å². The van der Waals surface area contributed by atoms with E-state index in [0.717, 1.165) is 10.6 Å². The van der Waals surface area contributed by atoms with E-state index in [1.807, 2.05) is 30.5 Å². The van der Waals surface area contributed by atoms with Crippen molar-refractivity contribution in [3.05, 3.63) is 24.3 Å². The Bertz CT molecular complexity index is 462. The highest BCUT2D eigenvalue weighted by Gasteiger charge is 2.31. The first-order valence-corrected chi connectivity index (χ1v) is 6.59. The lowest BCUT2D eigenvalue weighted by Gasteiger charge is -2.31. The maximum Gasteiger partial charge on any atom is 0.249 e. The van der Waals surface area contributed by atoms with E-state index in [1.165, 1.54) is 0 Å². The molecule has 0 aliphatic carbocycles. The van der Waals surface area contributed by atoms with Gasteiger partial charge in [0.05, 0.1) is 5.69 Å². The van der Waals surface area contributed by atoms with Gasteiger partial charge >= 0.3 is 0 Å². The molecular weight excluding hydrogens is 236 g/mol. The summed E-state index contributed by atoms with van der Waals surface area (Å²) in [7, 11) is 0. The summed E-state index contributed by atoms with van der Waals surface area (Å²) in [5, 5.41) is 2.63. The fourth-order valence-electron chi connectivity index (χ4n) is 1.86. The monoisotopic (exact) mass is 250 g/mol. The van der Waals surface area contributed by atoms with Crippen LogP contribution in [0.4, 0.5) is 5.69 Å². The Morgan fingerprint density at radius 2 is 2.06 bits per heavy atom. The predicted molar refractivity (Wildman–Crippen MR) is 68.2 cm³/mol. The molecule has 0 radical (unpaired) electrons. The van der Waals surface area contributed by atoms with Crippen molar-refractivity contribution in [3.63, 3.8) is 0 Å². The molecule has 1 fully saturated rings. The first-order chi connectivity index (χ1) is 8.13. The van der Waals surface area contributed by atoms with Crippen molar-refractivity contribution in [1.29, 1.82) is 0 Å². The molecule has 0 aromatic heterocycles. The molecule has 1 aromatic rings. The Morgan fingerprint density at radius 1 is 1.35 bits per heavy atom. The highest BCUT2D eigenvalue weighted by atomic mass is 32.2. The summed E-state index contributed by atoms with van der Waals surface area (Å²) in [6.45, 7) is 1.80. The molecule has 2 rings (SSSR count). The van der Waals surface area contributed by atoms with E-state index < -0.39 is 6.04 Å². The zero-order chi connectivity index (χ0) is 12.4. The van der Waals surface area contributed by atoms with Crippen molar-refractivity contribution in [2.75, 3.05) is 17.7 Å². The van der Waals surface area contributed by atoms with Crippen molar-refractivity contribution in [1.82, 2.24) is 5.32 Å². The van der Waals surface area contributed by atoms with Crippen LogP contribution in [-0.4, -0.2) is 30.7 Å². The number of para-hydroxylation sites is 1. The lowest BCUT2D eigenvalue weighted by Crippen LogP contribution is -2.57. The zero-order valence-electron chi connectivity index (χ0n) is 9.77. The second-order valence-corrected chi connectivity index (χ2v) is 4.73. The maximum absolute atomic E-state index is 12.0. The summed E-state index contributed by atoms with van der Waals surface area (Å²) in [5.41, 5.74) is 0.812. The smallest absolute Gasteiger partial charge is 0.249 e. The fraction of sp³-hybridized carbons (Fsp3) is 0.333. The number of carbonyl (C=O) groups excluding carboxylic acids is 2. The van der Waals surface area contributed by atoms with Gasteiger partial charge in [-0.25, -0.2) is 0 Å². The molecule has 1 unspecified atom stereocenters. The topological polar surface area (TPSA) is 49.4 Å². The third-order valence-corrected chi connectivity index (χ3v) is 3.48. The molecule has 2 amide bonds. The van der Waals surface area contributed by atoms with Crippen molar-refractivity contribution >= 4 is 29.3 Å². The average Bonchev–Trinajstić information content (AvgIpc) is 2.33. The number of carbonyl (C=O) groups is 2. The number of benzene rings is 1. The van der Waals surface area contributed by atoms with Gasteiger partial charge in [-0.15, -0.1) is 11.8 Å². The van der Waals surface area contributed by atoms with Crippen LogP contribution in [0, 0.1) is 0 Å². The van der Waals surface area contributed by atoms with Crippen LogP contribution in [0.2, 0.25) is 0 Å². The van der Waals surface area contributed by atoms with Crippen LogP contribution in [0.15, 0.2) is 29.2 Å². The van der Waals surface area contributed by atoms with Crippen molar-refractivity contribution in [2.45, 2.75) is 17.9 Å². The molecule has 1 N–H and O–H groups in total. The van der Waals surface area contributed by atoms with E-state index in [9.17, 15) is 9.59 Å². The molecule has 4 nitrogen and oxygen atoms in total. The number of nitrogens with zero attached hydrogens (tertiary/aromatic N) is 1. The molecule has 90 valence electrons. The van der Waals surface area contributed by atoms with Crippen LogP contribution in [0.25, 0.3) is 0 Å². The Morgan fingerprint density at radius 3 is 2.76 bits per heavy atom. The Hall–Kier alpha value is -1.49. The number of amides is 2. The van der Waals surface area contributed by atoms with Crippen LogP contribution in [-0.2, 0) is 9.59 Å². The molecule has 0 saturated carbocycles. The van der Waals surface area contributed by atoms with Crippen LogP contribution >= 0.6 is 11.8 Å². The average molecular weight is 250 g/mol. The lowest BCUT2D eigenvalue weighted by molar-refractivity contribution is -0.130. The highest BCUT2D eigenvalue weighted by molar-refractivity contribution is 7.98. The van der Waals surface area contributed by atoms with Gasteiger partial charge in [-0.2, -0.15) is 0 Å². The number of rotatable bonds is 2. The first kappa shape index (κ1) is 12.0. The third kappa shape index (κ3) is 2.29. The highest BCUT2D eigenvalue weighted by Crippen LogP contribution is 2.29. The quantitative estimate of drug-likeness (QED) is 0.804. The number of anilines is 1. The van der Waals surface area contributed by atoms with E-state index >= 15 is 0 Å². The molecular formula is C12H14N2O2S. The molecule has 1 aliphatic heterocycles. The molecule has 0 bridgehead atoms. The predicted octanol–water partition coefficient (Wildman–Crippen LogP) is 1.26. The standard InChI is InChI=1S/C12H14N2O2S/c1-8-12(16)14(7-11(15)13-8)9-5-3-4-6-10(9)17-2/h3-6,8H,7H2,1-2H3,(H,13,15). The number of hydrogen-bond acceptors (Lipinski definition) is 3. The molecule has 17 heavy (non-hydrogen) atoms. The number of thioether (sulfide) groups is 1. The maximum atomic E-state index is 12.0. The molecule has 1 aliphatic rings. The van der Waals surface area contributed by atoms with Gasteiger partial charge in [0.25, 0.3) is 0 Å². The molecule has 1 heterocycles. The van der Waals surface area contributed by atoms with Gasteiger partial charge in [0.15, 0.2) is 0 Å². The number of nitrogens with one attached hydrogen (secondary N) is 1. The summed E-state index contributed by atoms with van der Waals surface area (Å²) in [4.78, 5) is 26.1. The van der Waals surface area contributed by atoms with Gasteiger partial charge in [-0.3, -0.25) is 9.59 Å². The van der Waals surface area contributed by atoms with Crippen molar-refractivity contribution in [2.24, 2.45) is 0 Å². The summed E-state index contributed by atoms with van der Waals surface area (Å²) in [6.07, 6.45) is 1.96. The van der Waals surface area contributed by atoms with E-state index in [-0.39, 0.29) is 18.4 Å². The minimum Gasteiger partial charge on any atom is -0.343 e. The van der Waals surface area contributed by atoms with Gasteiger partial charge in [-0.1, -0.05) is 12.1 Å². The Labute approximate surface area is 104 Å². The number of piperazine rings is 1. The van der Waals surface area contributed by atoms with Gasteiger partial charge in [0.2, 0.25) is 11.8 Å². The second kappa shape index (κ2) is 4.79. The van der Waals surface area contributed by atoms with Crippen molar-refractivity contribution in [3.8, 4) is 0 Å². The van der Waals surface area contributed by atoms with E-state index in [1.54, 1.807) is 23.6 Å². The van der Waals surface area contributed by atoms with Gasteiger partial charge in [0, 0.05) is 4.90 Å². The van der Waals surface area contributed by atoms with Gasteiger partial charge in [-0.05, 0) is 25.3 Å². The van der Waals surface area contributed by atoms with Gasteiger partial charge < -0.3 is 10.2 Å². The minimum atomic E-state index is -0.453. The first-order valence-electron chi connectivity index (χ1n) is 5.37. The summed E-state index contributed by atoms with van der Waals surface area (Å²) in [6, 6.07) is 7.16. The largest absolute Gasteiger partial charge is 0.343 e. The second-order valence-electron chi connectivity index (χ2n) is 3.89. The SMILES string of the molecule is CSc1ccccc1N1CC(=O)NC(C)C1=O. The Kier molecular flexibility index (Phi) is 3.38. The third-order valence-electron chi connectivity index (χ3n) is 2.69. The van der Waals surface area contributed by atoms with Crippen molar-refractivity contribution < 1.29 is 9.59 Å². The van der Waals surface area contributed by atoms with E-state index in [4.69, 9.17) is 0 Å². The minimum absolute atomic E-state index is 0.0638. The normalized spacial score (nSPS) is 20.4. The van der Waals surface area contributed by atoms with Crippen LogP contribution in [0.5, 0.6) is 0 Å². The van der Waals surface area contributed by atoms with Crippen LogP contribution < -0.4 is 10.2 Å². The molecule has 1 aromatic carbocycles. The fourth-order valence-corrected chi connectivity index (χ4v) is 2.46. The summed E-state index contributed by atoms with van der Waals surface area (Å²) < 4.78 is 0. The Balaban J connectivity index is 2.37. The van der Waals surface area contributed by atoms with Crippen LogP contribution in [0.1, 0.15) is 6.92 Å². The summed E-state index contributed by atoms with van der Waals surface area (Å²) >= 11 is 1.57. The van der Waals surface area contributed by atoms with Gasteiger partial charge in [0.1, 0.15) is 12.6 Å². The zero-order valence-corrected chi connectivity index (χ0v) is 10.6. The van der Waals surface area contributed by atoms with E-state index in [0.29, 0.717) is 0 Å². The molecule has 5 heteroatoms. The number of hydrogen-bond donors (Lipinski definition) is 1. The summed E-state index contributed by atoms with van der Waals surface area (Å²) in [5.74, 6) is -0.181.